The third-order valence-corrected chi connectivity index (χ3v) is 6.62. The van der Waals surface area contributed by atoms with Crippen LogP contribution in [0.1, 0.15) is 5.56 Å². The molecule has 180 valence electrons. The number of sulfonamides is 1. The van der Waals surface area contributed by atoms with E-state index >= 15 is 0 Å². The maximum absolute atomic E-state index is 13.0. The Bertz CT molecular complexity index is 1220. The Hall–Kier alpha value is -3.08. The predicted molar refractivity (Wildman–Crippen MR) is 131 cm³/mol. The lowest BCUT2D eigenvalue weighted by molar-refractivity contribution is 0.122. The molecule has 9 nitrogen and oxygen atoms in total. The summed E-state index contributed by atoms with van der Waals surface area (Å²) in [7, 11) is -2.23. The molecule has 1 aromatic heterocycles. The number of hydrogen-bond acceptors (Lipinski definition) is 8. The van der Waals surface area contributed by atoms with E-state index in [1.54, 1.807) is 31.4 Å². The zero-order chi connectivity index (χ0) is 24.0. The Morgan fingerprint density at radius 1 is 1.06 bits per heavy atom. The molecule has 0 bridgehead atoms. The second-order valence-corrected chi connectivity index (χ2v) is 9.73. The van der Waals surface area contributed by atoms with E-state index in [-0.39, 0.29) is 22.5 Å². The molecule has 2 aromatic carbocycles. The molecule has 0 atom stereocenters. The second kappa shape index (κ2) is 10.9. The molecule has 0 spiro atoms. The molecular weight excluding hydrogens is 480 g/mol. The van der Waals surface area contributed by atoms with Gasteiger partial charge in [0.2, 0.25) is 21.7 Å². The third-order valence-electron chi connectivity index (χ3n) is 5.12. The van der Waals surface area contributed by atoms with Crippen LogP contribution in [0.15, 0.2) is 54.6 Å². The predicted octanol–water partition coefficient (Wildman–Crippen LogP) is 3.75. The van der Waals surface area contributed by atoms with Gasteiger partial charge in [-0.05, 0) is 24.1 Å². The lowest BCUT2D eigenvalue weighted by Gasteiger charge is -2.27. The van der Waals surface area contributed by atoms with Crippen LogP contribution < -0.4 is 19.1 Å². The molecule has 0 unspecified atom stereocenters. The fraction of sp³-hybridized carbons (Fsp3) is 0.304. The highest BCUT2D eigenvalue weighted by atomic mass is 35.5. The standard InChI is InChI=1S/C23H25ClN4O5S/c1-31-18-8-5-9-19(16-18)33-20-21(24)25-23(28-11-13-32-14-12-28)26-22(20)27-34(29,30)15-10-17-6-3-2-4-7-17/h2-9,16H,10-15H2,1H3,(H,25,26,27). The van der Waals surface area contributed by atoms with Gasteiger partial charge in [0.1, 0.15) is 11.5 Å². The van der Waals surface area contributed by atoms with E-state index in [9.17, 15) is 8.42 Å². The first kappa shape index (κ1) is 24.1. The Morgan fingerprint density at radius 3 is 2.53 bits per heavy atom. The first-order valence-corrected chi connectivity index (χ1v) is 12.7. The van der Waals surface area contributed by atoms with Crippen molar-refractivity contribution in [1.82, 2.24) is 9.97 Å². The van der Waals surface area contributed by atoms with Gasteiger partial charge in [-0.1, -0.05) is 48.0 Å². The van der Waals surface area contributed by atoms with Gasteiger partial charge in [0.25, 0.3) is 0 Å². The van der Waals surface area contributed by atoms with Crippen molar-refractivity contribution in [1.29, 1.82) is 0 Å². The van der Waals surface area contributed by atoms with E-state index in [4.69, 9.17) is 25.8 Å². The van der Waals surface area contributed by atoms with Crippen molar-refractivity contribution < 1.29 is 22.6 Å². The molecule has 4 rings (SSSR count). The second-order valence-electron chi connectivity index (χ2n) is 7.53. The third kappa shape index (κ3) is 6.28. The minimum absolute atomic E-state index is 0.00946. The SMILES string of the molecule is COc1cccc(Oc2c(Cl)nc(N3CCOCC3)nc2NS(=O)(=O)CCc2ccccc2)c1. The summed E-state index contributed by atoms with van der Waals surface area (Å²) in [6, 6.07) is 16.2. The average Bonchev–Trinajstić information content (AvgIpc) is 2.86. The molecule has 1 fully saturated rings. The largest absolute Gasteiger partial charge is 0.497 e. The molecule has 34 heavy (non-hydrogen) atoms. The fourth-order valence-electron chi connectivity index (χ4n) is 3.35. The minimum Gasteiger partial charge on any atom is -0.497 e. The summed E-state index contributed by atoms with van der Waals surface area (Å²) in [6.07, 6.45) is 0.345. The van der Waals surface area contributed by atoms with Crippen LogP contribution in [0.25, 0.3) is 0 Å². The number of methoxy groups -OCH3 is 1. The number of aromatic nitrogens is 2. The van der Waals surface area contributed by atoms with Crippen LogP contribution >= 0.6 is 11.6 Å². The molecule has 0 aliphatic carbocycles. The molecule has 1 aliphatic heterocycles. The smallest absolute Gasteiger partial charge is 0.234 e. The van der Waals surface area contributed by atoms with Crippen LogP contribution in [0.3, 0.4) is 0 Å². The van der Waals surface area contributed by atoms with Crippen LogP contribution in [-0.4, -0.2) is 57.6 Å². The summed E-state index contributed by atoms with van der Waals surface area (Å²) in [5.41, 5.74) is 0.912. The highest BCUT2D eigenvalue weighted by molar-refractivity contribution is 7.92. The molecule has 1 aliphatic rings. The number of morpholine rings is 1. The van der Waals surface area contributed by atoms with Gasteiger partial charge in [-0.25, -0.2) is 8.42 Å². The van der Waals surface area contributed by atoms with Crippen LogP contribution in [0.5, 0.6) is 17.2 Å². The molecular formula is C23H25ClN4O5S. The number of benzene rings is 2. The Morgan fingerprint density at radius 2 is 1.79 bits per heavy atom. The van der Waals surface area contributed by atoms with Crippen LogP contribution in [0.2, 0.25) is 5.15 Å². The number of aryl methyl sites for hydroxylation is 1. The quantitative estimate of drug-likeness (QED) is 0.439. The average molecular weight is 505 g/mol. The van der Waals surface area contributed by atoms with Gasteiger partial charge >= 0.3 is 0 Å². The molecule has 0 radical (unpaired) electrons. The van der Waals surface area contributed by atoms with Crippen molar-refractivity contribution in [3.8, 4) is 17.2 Å². The summed E-state index contributed by atoms with van der Waals surface area (Å²) in [6.45, 7) is 2.15. The van der Waals surface area contributed by atoms with Crippen LogP contribution in [-0.2, 0) is 21.2 Å². The minimum atomic E-state index is -3.77. The van der Waals surface area contributed by atoms with Gasteiger partial charge in [0, 0.05) is 19.2 Å². The highest BCUT2D eigenvalue weighted by Gasteiger charge is 2.24. The van der Waals surface area contributed by atoms with Crippen molar-refractivity contribution in [2.45, 2.75) is 6.42 Å². The van der Waals surface area contributed by atoms with Gasteiger partial charge in [-0.3, -0.25) is 4.72 Å². The number of rotatable bonds is 9. The zero-order valence-corrected chi connectivity index (χ0v) is 20.2. The van der Waals surface area contributed by atoms with E-state index in [2.05, 4.69) is 14.7 Å². The lowest BCUT2D eigenvalue weighted by atomic mass is 10.2. The summed E-state index contributed by atoms with van der Waals surface area (Å²) in [5.74, 6) is 1.11. The summed E-state index contributed by atoms with van der Waals surface area (Å²) in [5, 5.41) is -0.0138. The van der Waals surface area contributed by atoms with E-state index in [1.165, 1.54) is 0 Å². The number of anilines is 2. The van der Waals surface area contributed by atoms with Gasteiger partial charge in [0.15, 0.2) is 11.0 Å². The fourth-order valence-corrected chi connectivity index (χ4v) is 4.60. The van der Waals surface area contributed by atoms with Gasteiger partial charge in [0.05, 0.1) is 26.1 Å². The zero-order valence-electron chi connectivity index (χ0n) is 18.6. The monoisotopic (exact) mass is 504 g/mol. The summed E-state index contributed by atoms with van der Waals surface area (Å²) in [4.78, 5) is 10.7. The normalized spacial score (nSPS) is 14.0. The van der Waals surface area contributed by atoms with Crippen molar-refractivity contribution in [2.24, 2.45) is 0 Å². The molecule has 1 saturated heterocycles. The molecule has 3 aromatic rings. The van der Waals surface area contributed by atoms with E-state index < -0.39 is 10.0 Å². The summed E-state index contributed by atoms with van der Waals surface area (Å²) < 4.78 is 45.0. The number of halogens is 1. The summed E-state index contributed by atoms with van der Waals surface area (Å²) >= 11 is 6.48. The molecule has 1 N–H and O–H groups in total. The number of hydrogen-bond donors (Lipinski definition) is 1. The van der Waals surface area contributed by atoms with Gasteiger partial charge < -0.3 is 19.1 Å². The Kier molecular flexibility index (Phi) is 7.71. The molecule has 0 amide bonds. The molecule has 0 saturated carbocycles. The Balaban J connectivity index is 1.64. The van der Waals surface area contributed by atoms with Crippen molar-refractivity contribution in [2.75, 3.05) is 48.8 Å². The first-order chi connectivity index (χ1) is 16.4. The first-order valence-electron chi connectivity index (χ1n) is 10.7. The maximum atomic E-state index is 13.0. The highest BCUT2D eigenvalue weighted by Crippen LogP contribution is 2.37. The van der Waals surface area contributed by atoms with Gasteiger partial charge in [-0.15, -0.1) is 0 Å². The van der Waals surface area contributed by atoms with Crippen molar-refractivity contribution >= 4 is 33.4 Å². The topological polar surface area (TPSA) is 103 Å². The van der Waals surface area contributed by atoms with E-state index in [1.807, 2.05) is 35.2 Å². The van der Waals surface area contributed by atoms with Crippen molar-refractivity contribution in [3.05, 3.63) is 65.3 Å². The van der Waals surface area contributed by atoms with E-state index in [0.29, 0.717) is 50.2 Å². The lowest BCUT2D eigenvalue weighted by Crippen LogP contribution is -2.37. The van der Waals surface area contributed by atoms with Crippen LogP contribution in [0.4, 0.5) is 11.8 Å². The molecule has 11 heteroatoms. The Labute approximate surface area is 203 Å². The van der Waals surface area contributed by atoms with Crippen molar-refractivity contribution in [3.63, 3.8) is 0 Å². The number of nitrogens with zero attached hydrogens (tertiary/aromatic N) is 3. The van der Waals surface area contributed by atoms with Crippen LogP contribution in [0, 0.1) is 0 Å². The number of nitrogens with one attached hydrogen (secondary N) is 1. The molecule has 2 heterocycles. The maximum Gasteiger partial charge on any atom is 0.234 e. The van der Waals surface area contributed by atoms with Gasteiger partial charge in [-0.2, -0.15) is 9.97 Å². The number of ether oxygens (including phenoxy) is 3. The van der Waals surface area contributed by atoms with E-state index in [0.717, 1.165) is 5.56 Å².